The van der Waals surface area contributed by atoms with Crippen molar-refractivity contribution in [2.75, 3.05) is 0 Å². The fraction of sp³-hybridized carbons (Fsp3) is 0.120. The van der Waals surface area contributed by atoms with Crippen LogP contribution in [0.5, 0.6) is 0 Å². The first kappa shape index (κ1) is 30.7. The second-order valence-electron chi connectivity index (χ2n) is 14.6. The molecule has 0 saturated carbocycles. The van der Waals surface area contributed by atoms with Gasteiger partial charge in [-0.3, -0.25) is 0 Å². The van der Waals surface area contributed by atoms with Crippen LogP contribution in [0, 0.1) is 5.92 Å². The van der Waals surface area contributed by atoms with Crippen LogP contribution in [0.25, 0.3) is 66.4 Å². The minimum absolute atomic E-state index is 0.391. The van der Waals surface area contributed by atoms with Gasteiger partial charge >= 0.3 is 0 Å². The lowest BCUT2D eigenvalue weighted by Crippen LogP contribution is -2.10. The monoisotopic (exact) mass is 668 g/mol. The summed E-state index contributed by atoms with van der Waals surface area (Å²) >= 11 is 0. The zero-order chi connectivity index (χ0) is 34.8. The van der Waals surface area contributed by atoms with E-state index in [4.69, 9.17) is 0 Å². The van der Waals surface area contributed by atoms with Crippen LogP contribution >= 0.6 is 0 Å². The summed E-state index contributed by atoms with van der Waals surface area (Å²) in [6.45, 7) is 4.71. The van der Waals surface area contributed by atoms with Crippen molar-refractivity contribution in [2.24, 2.45) is 5.92 Å². The Kier molecular flexibility index (Phi) is 7.25. The molecule has 250 valence electrons. The molecule has 6 aromatic carbocycles. The third-order valence-corrected chi connectivity index (χ3v) is 11.3. The van der Waals surface area contributed by atoms with E-state index in [0.29, 0.717) is 11.8 Å². The Labute approximate surface area is 305 Å². The molecule has 2 aliphatic rings. The summed E-state index contributed by atoms with van der Waals surface area (Å²) in [7, 11) is 0. The van der Waals surface area contributed by atoms with Crippen molar-refractivity contribution in [1.82, 2.24) is 9.13 Å². The van der Waals surface area contributed by atoms with Crippen molar-refractivity contribution >= 4 is 43.9 Å². The van der Waals surface area contributed by atoms with E-state index in [9.17, 15) is 0 Å². The first-order valence-corrected chi connectivity index (χ1v) is 18.7. The lowest BCUT2D eigenvalue weighted by atomic mass is 9.84. The number of para-hydroxylation sites is 3. The SMILES string of the molecule is CC1C=C(c2ccc(-c3ccccc3)c(-n3c4c(c5ccccc53)C(C)CC=C4c3ccc4c(c3)c3ccccc3n4-c3ccccc3)c2)C=CC1. The second-order valence-corrected chi connectivity index (χ2v) is 14.6. The van der Waals surface area contributed by atoms with Crippen LogP contribution < -0.4 is 0 Å². The largest absolute Gasteiger partial charge is 0.309 e. The van der Waals surface area contributed by atoms with Gasteiger partial charge in [-0.2, -0.15) is 0 Å². The van der Waals surface area contributed by atoms with Crippen LogP contribution in [0.4, 0.5) is 0 Å². The molecular formula is C50H40N2. The summed E-state index contributed by atoms with van der Waals surface area (Å²) in [6.07, 6.45) is 11.7. The van der Waals surface area contributed by atoms with Crippen LogP contribution in [-0.4, -0.2) is 9.13 Å². The number of hydrogen-bond donors (Lipinski definition) is 0. The maximum absolute atomic E-state index is 2.59. The average molecular weight is 669 g/mol. The van der Waals surface area contributed by atoms with E-state index in [2.05, 4.69) is 193 Å². The van der Waals surface area contributed by atoms with Gasteiger partial charge in [0.25, 0.3) is 0 Å². The lowest BCUT2D eigenvalue weighted by Gasteiger charge is -2.25. The summed E-state index contributed by atoms with van der Waals surface area (Å²) < 4.78 is 4.99. The Morgan fingerprint density at radius 1 is 0.538 bits per heavy atom. The highest BCUT2D eigenvalue weighted by Crippen LogP contribution is 2.47. The lowest BCUT2D eigenvalue weighted by molar-refractivity contribution is 0.740. The highest BCUT2D eigenvalue weighted by atomic mass is 15.0. The van der Waals surface area contributed by atoms with Crippen molar-refractivity contribution in [3.63, 3.8) is 0 Å². The standard InChI is InChI=1S/C50H40N2/c1-33-14-13-17-36(30-33)37-25-28-40(35-15-5-3-6-16-35)48(32-37)52-46-23-12-10-21-43(46)49-34(2)24-27-41(50(49)52)38-26-29-47-44(31-38)42-20-9-11-22-45(42)51(47)39-18-7-4-8-19-39/h3-13,15-23,25-34H,14,24H2,1-2H3. The first-order valence-electron chi connectivity index (χ1n) is 18.7. The minimum atomic E-state index is 0.391. The highest BCUT2D eigenvalue weighted by molar-refractivity contribution is 6.11. The van der Waals surface area contributed by atoms with E-state index >= 15 is 0 Å². The minimum Gasteiger partial charge on any atom is -0.309 e. The zero-order valence-corrected chi connectivity index (χ0v) is 29.6. The molecular weight excluding hydrogens is 629 g/mol. The number of rotatable bonds is 5. The molecule has 2 atom stereocenters. The van der Waals surface area contributed by atoms with Gasteiger partial charge in [-0.05, 0) is 95.0 Å². The van der Waals surface area contributed by atoms with Gasteiger partial charge in [0.05, 0.1) is 27.9 Å². The van der Waals surface area contributed by atoms with Crippen LogP contribution in [0.3, 0.4) is 0 Å². The Morgan fingerprint density at radius 2 is 1.21 bits per heavy atom. The molecule has 0 spiro atoms. The number of allylic oxidation sites excluding steroid dienone is 5. The molecule has 52 heavy (non-hydrogen) atoms. The molecule has 0 radical (unpaired) electrons. The molecule has 2 nitrogen and oxygen atoms in total. The third kappa shape index (κ3) is 4.86. The molecule has 2 aromatic heterocycles. The topological polar surface area (TPSA) is 9.86 Å². The van der Waals surface area contributed by atoms with Gasteiger partial charge in [0.15, 0.2) is 0 Å². The summed E-state index contributed by atoms with van der Waals surface area (Å²) in [6, 6.07) is 53.7. The maximum Gasteiger partial charge on any atom is 0.0578 e. The number of aromatic nitrogens is 2. The molecule has 2 aliphatic carbocycles. The highest BCUT2D eigenvalue weighted by Gasteiger charge is 2.30. The van der Waals surface area contributed by atoms with Crippen molar-refractivity contribution < 1.29 is 0 Å². The van der Waals surface area contributed by atoms with Crippen molar-refractivity contribution in [3.05, 3.63) is 192 Å². The van der Waals surface area contributed by atoms with E-state index in [1.165, 1.54) is 88.7 Å². The van der Waals surface area contributed by atoms with Crippen molar-refractivity contribution in [3.8, 4) is 22.5 Å². The fourth-order valence-corrected chi connectivity index (χ4v) is 8.83. The average Bonchev–Trinajstić information content (AvgIpc) is 3.72. The quantitative estimate of drug-likeness (QED) is 0.173. The molecule has 0 saturated heterocycles. The molecule has 8 aromatic rings. The molecule has 2 heterocycles. The molecule has 0 amide bonds. The van der Waals surface area contributed by atoms with E-state index in [1.54, 1.807) is 0 Å². The van der Waals surface area contributed by atoms with Gasteiger partial charge < -0.3 is 9.13 Å². The summed E-state index contributed by atoms with van der Waals surface area (Å²) in [5, 5.41) is 3.89. The third-order valence-electron chi connectivity index (χ3n) is 11.3. The van der Waals surface area contributed by atoms with Crippen molar-refractivity contribution in [2.45, 2.75) is 32.6 Å². The predicted octanol–water partition coefficient (Wildman–Crippen LogP) is 13.3. The van der Waals surface area contributed by atoms with Gasteiger partial charge in [-0.25, -0.2) is 0 Å². The number of benzene rings is 6. The normalized spacial score (nSPS) is 17.0. The number of nitrogens with zero attached hydrogens (tertiary/aromatic N) is 2. The first-order chi connectivity index (χ1) is 25.6. The van der Waals surface area contributed by atoms with E-state index in [0.717, 1.165) is 12.8 Å². The van der Waals surface area contributed by atoms with Gasteiger partial charge in [0.2, 0.25) is 0 Å². The van der Waals surface area contributed by atoms with Crippen LogP contribution in [0.1, 0.15) is 55.0 Å². The van der Waals surface area contributed by atoms with E-state index in [1.807, 2.05) is 0 Å². The Hall–Kier alpha value is -6.12. The summed E-state index contributed by atoms with van der Waals surface area (Å²) in [5.41, 5.74) is 16.4. The van der Waals surface area contributed by atoms with Gasteiger partial charge in [-0.15, -0.1) is 0 Å². The Morgan fingerprint density at radius 3 is 2.00 bits per heavy atom. The smallest absolute Gasteiger partial charge is 0.0578 e. The molecule has 0 N–H and O–H groups in total. The molecule has 2 heteroatoms. The van der Waals surface area contributed by atoms with E-state index < -0.39 is 0 Å². The molecule has 10 rings (SSSR count). The summed E-state index contributed by atoms with van der Waals surface area (Å²) in [4.78, 5) is 0. The summed E-state index contributed by atoms with van der Waals surface area (Å²) in [5.74, 6) is 0.914. The van der Waals surface area contributed by atoms with Crippen LogP contribution in [0.2, 0.25) is 0 Å². The molecule has 2 unspecified atom stereocenters. The number of hydrogen-bond acceptors (Lipinski definition) is 0. The van der Waals surface area contributed by atoms with Gasteiger partial charge in [0, 0.05) is 33.0 Å². The van der Waals surface area contributed by atoms with Gasteiger partial charge in [-0.1, -0.05) is 141 Å². The van der Waals surface area contributed by atoms with E-state index in [-0.39, 0.29) is 0 Å². The Balaban J connectivity index is 1.25. The predicted molar refractivity (Wildman–Crippen MR) is 221 cm³/mol. The van der Waals surface area contributed by atoms with Crippen molar-refractivity contribution in [1.29, 1.82) is 0 Å². The Bertz CT molecular complexity index is 2750. The molecule has 0 fully saturated rings. The maximum atomic E-state index is 2.59. The molecule has 0 aliphatic heterocycles. The van der Waals surface area contributed by atoms with Crippen LogP contribution in [0.15, 0.2) is 170 Å². The zero-order valence-electron chi connectivity index (χ0n) is 29.6. The molecule has 0 bridgehead atoms. The number of fused-ring (bicyclic) bond motifs is 6. The second kappa shape index (κ2) is 12.3. The fourth-order valence-electron chi connectivity index (χ4n) is 8.83. The van der Waals surface area contributed by atoms with Crippen LogP contribution in [-0.2, 0) is 0 Å². The van der Waals surface area contributed by atoms with Gasteiger partial charge in [0.1, 0.15) is 0 Å².